The van der Waals surface area contributed by atoms with Crippen molar-refractivity contribution in [3.8, 4) is 5.75 Å². The zero-order valence-corrected chi connectivity index (χ0v) is 13.8. The number of carbonyl (C=O) groups excluding carboxylic acids is 2. The highest BCUT2D eigenvalue weighted by molar-refractivity contribution is 5.96. The lowest BCUT2D eigenvalue weighted by Gasteiger charge is -2.11. The summed E-state index contributed by atoms with van der Waals surface area (Å²) < 4.78 is 23.8. The van der Waals surface area contributed by atoms with Crippen LogP contribution >= 0.6 is 0 Å². The monoisotopic (exact) mass is 348 g/mol. The van der Waals surface area contributed by atoms with Gasteiger partial charge in [0.25, 0.3) is 5.56 Å². The molecule has 0 aliphatic carbocycles. The van der Waals surface area contributed by atoms with Crippen molar-refractivity contribution >= 4 is 11.8 Å². The lowest BCUT2D eigenvalue weighted by molar-refractivity contribution is 0.0522. The van der Waals surface area contributed by atoms with Crippen LogP contribution in [0.5, 0.6) is 5.75 Å². The fourth-order valence-electron chi connectivity index (χ4n) is 2.18. The first-order chi connectivity index (χ1) is 12.0. The predicted octanol–water partition coefficient (Wildman–Crippen LogP) is 1.78. The van der Waals surface area contributed by atoms with Crippen molar-refractivity contribution < 1.29 is 23.5 Å². The molecule has 0 aliphatic rings. The lowest BCUT2D eigenvalue weighted by Crippen LogP contribution is -2.33. The molecule has 7 nitrogen and oxygen atoms in total. The molecule has 0 atom stereocenters. The molecule has 0 amide bonds. The van der Waals surface area contributed by atoms with Crippen LogP contribution in [0.1, 0.15) is 33.5 Å². The van der Waals surface area contributed by atoms with Crippen molar-refractivity contribution in [2.45, 2.75) is 20.1 Å². The second kappa shape index (κ2) is 8.18. The van der Waals surface area contributed by atoms with Gasteiger partial charge in [0.1, 0.15) is 23.8 Å². The molecule has 1 heterocycles. The summed E-state index contributed by atoms with van der Waals surface area (Å²) in [6.45, 7) is 0.160. The molecule has 0 N–H and O–H groups in total. The van der Waals surface area contributed by atoms with Crippen molar-refractivity contribution in [2.24, 2.45) is 0 Å². The number of aromatic nitrogens is 2. The first-order valence-corrected chi connectivity index (χ1v) is 7.50. The molecule has 132 valence electrons. The molecule has 0 spiro atoms. The van der Waals surface area contributed by atoms with Crippen molar-refractivity contribution in [3.63, 3.8) is 0 Å². The summed E-state index contributed by atoms with van der Waals surface area (Å²) in [5, 5.41) is 0. The number of hydrogen-bond acceptors (Lipinski definition) is 6. The Labute approximate surface area is 143 Å². The van der Waals surface area contributed by atoms with Crippen LogP contribution in [-0.4, -0.2) is 35.0 Å². The van der Waals surface area contributed by atoms with Gasteiger partial charge >= 0.3 is 5.97 Å². The number of ketones is 1. The van der Waals surface area contributed by atoms with E-state index in [1.54, 1.807) is 25.1 Å². The van der Waals surface area contributed by atoms with Crippen LogP contribution in [0.2, 0.25) is 0 Å². The Morgan fingerprint density at radius 1 is 1.32 bits per heavy atom. The van der Waals surface area contributed by atoms with Crippen LogP contribution in [0.3, 0.4) is 0 Å². The first-order valence-electron chi connectivity index (χ1n) is 7.50. The van der Waals surface area contributed by atoms with Gasteiger partial charge in [-0.15, -0.1) is 0 Å². The normalized spacial score (nSPS) is 10.4. The minimum absolute atomic E-state index is 0.0753. The molecule has 0 fully saturated rings. The van der Waals surface area contributed by atoms with Gasteiger partial charge in [-0.1, -0.05) is 12.1 Å². The summed E-state index contributed by atoms with van der Waals surface area (Å²) in [6.07, 6.45) is 0.960. The summed E-state index contributed by atoms with van der Waals surface area (Å²) in [6, 6.07) is 6.34. The van der Waals surface area contributed by atoms with Gasteiger partial charge < -0.3 is 9.47 Å². The highest BCUT2D eigenvalue weighted by Gasteiger charge is 2.19. The van der Waals surface area contributed by atoms with E-state index in [1.165, 1.54) is 13.2 Å². The van der Waals surface area contributed by atoms with Crippen LogP contribution in [0.4, 0.5) is 4.39 Å². The van der Waals surface area contributed by atoms with Crippen LogP contribution in [0.25, 0.3) is 0 Å². The summed E-state index contributed by atoms with van der Waals surface area (Å²) in [7, 11) is 1.46. The third kappa shape index (κ3) is 4.09. The van der Waals surface area contributed by atoms with E-state index >= 15 is 0 Å². The number of alkyl halides is 1. The second-order valence-electron chi connectivity index (χ2n) is 4.99. The molecule has 0 saturated carbocycles. The molecule has 25 heavy (non-hydrogen) atoms. The maximum Gasteiger partial charge on any atom is 0.345 e. The Balaban J connectivity index is 2.40. The summed E-state index contributed by atoms with van der Waals surface area (Å²) in [5.74, 6) is -1.08. The first kappa shape index (κ1) is 18.3. The fourth-order valence-corrected chi connectivity index (χ4v) is 2.18. The summed E-state index contributed by atoms with van der Waals surface area (Å²) in [5.41, 5.74) is -0.882. The molecule has 8 heteroatoms. The minimum atomic E-state index is -1.05. The quantitative estimate of drug-likeness (QED) is 0.560. The number of ether oxygens (including phenoxy) is 2. The number of esters is 1. The zero-order chi connectivity index (χ0) is 18.4. The second-order valence-corrected chi connectivity index (χ2v) is 4.99. The van der Waals surface area contributed by atoms with Crippen molar-refractivity contribution in [2.75, 3.05) is 13.7 Å². The van der Waals surface area contributed by atoms with E-state index in [0.717, 1.165) is 10.8 Å². The molecule has 1 aromatic carbocycles. The van der Waals surface area contributed by atoms with E-state index in [0.29, 0.717) is 5.75 Å². The third-order valence-corrected chi connectivity index (χ3v) is 3.44. The topological polar surface area (TPSA) is 87.5 Å². The molecular formula is C17H17FN2O5. The van der Waals surface area contributed by atoms with Gasteiger partial charge in [0.15, 0.2) is 5.78 Å². The van der Waals surface area contributed by atoms with Crippen molar-refractivity contribution in [3.05, 3.63) is 57.8 Å². The highest BCUT2D eigenvalue weighted by Crippen LogP contribution is 2.14. The largest absolute Gasteiger partial charge is 0.497 e. The smallest absolute Gasteiger partial charge is 0.345 e. The number of methoxy groups -OCH3 is 1. The Hall–Kier alpha value is -3.03. The van der Waals surface area contributed by atoms with Gasteiger partial charge in [-0.05, 0) is 19.1 Å². The molecule has 0 aliphatic heterocycles. The number of benzene rings is 1. The van der Waals surface area contributed by atoms with Crippen LogP contribution in [0, 0.1) is 0 Å². The number of hydrogen-bond donors (Lipinski definition) is 0. The van der Waals surface area contributed by atoms with E-state index < -0.39 is 30.5 Å². The highest BCUT2D eigenvalue weighted by atomic mass is 19.1. The molecule has 1 aromatic heterocycles. The van der Waals surface area contributed by atoms with Gasteiger partial charge in [0.2, 0.25) is 0 Å². The Morgan fingerprint density at radius 3 is 2.72 bits per heavy atom. The zero-order valence-electron chi connectivity index (χ0n) is 13.8. The lowest BCUT2D eigenvalue weighted by atomic mass is 10.1. The van der Waals surface area contributed by atoms with Crippen LogP contribution < -0.4 is 10.3 Å². The number of halogens is 1. The van der Waals surface area contributed by atoms with E-state index in [4.69, 9.17) is 9.47 Å². The molecule has 0 saturated heterocycles. The van der Waals surface area contributed by atoms with Gasteiger partial charge in [-0.3, -0.25) is 14.2 Å². The average molecular weight is 348 g/mol. The van der Waals surface area contributed by atoms with Gasteiger partial charge in [0, 0.05) is 11.8 Å². The molecule has 0 radical (unpaired) electrons. The van der Waals surface area contributed by atoms with E-state index in [9.17, 15) is 18.8 Å². The predicted molar refractivity (Wildman–Crippen MR) is 86.6 cm³/mol. The van der Waals surface area contributed by atoms with E-state index in [-0.39, 0.29) is 23.6 Å². The maximum atomic E-state index is 13.1. The minimum Gasteiger partial charge on any atom is -0.497 e. The maximum absolute atomic E-state index is 13.1. The SMILES string of the molecule is CCOC(=O)c1cnc(CF)n(CC(=O)c2cccc(OC)c2)c1=O. The van der Waals surface area contributed by atoms with E-state index in [2.05, 4.69) is 4.98 Å². The van der Waals surface area contributed by atoms with Crippen molar-refractivity contribution in [1.82, 2.24) is 9.55 Å². The summed E-state index contributed by atoms with van der Waals surface area (Å²) in [4.78, 5) is 40.4. The van der Waals surface area contributed by atoms with Crippen molar-refractivity contribution in [1.29, 1.82) is 0 Å². The average Bonchev–Trinajstić information content (AvgIpc) is 2.63. The Kier molecular flexibility index (Phi) is 5.99. The third-order valence-electron chi connectivity index (χ3n) is 3.44. The molecule has 2 rings (SSSR count). The van der Waals surface area contributed by atoms with Crippen LogP contribution in [-0.2, 0) is 18.0 Å². The number of carbonyl (C=O) groups is 2. The van der Waals surface area contributed by atoms with Crippen LogP contribution in [0.15, 0.2) is 35.3 Å². The van der Waals surface area contributed by atoms with Gasteiger partial charge in [-0.2, -0.15) is 0 Å². The molecular weight excluding hydrogens is 331 g/mol. The number of rotatable bonds is 7. The summed E-state index contributed by atoms with van der Waals surface area (Å²) >= 11 is 0. The molecule has 0 bridgehead atoms. The number of Topliss-reactive ketones (excluding diaryl/α,β-unsaturated/α-hetero) is 1. The standard InChI is InChI=1S/C17H17FN2O5/c1-3-25-17(23)13-9-19-15(8-18)20(16(13)22)10-14(21)11-5-4-6-12(7-11)24-2/h4-7,9H,3,8,10H2,1-2H3. The van der Waals surface area contributed by atoms with E-state index in [1.807, 2.05) is 0 Å². The Bertz CT molecular complexity index is 847. The van der Waals surface area contributed by atoms with Gasteiger partial charge in [-0.25, -0.2) is 14.2 Å². The molecule has 0 unspecified atom stereocenters. The Morgan fingerprint density at radius 2 is 2.08 bits per heavy atom. The van der Waals surface area contributed by atoms with Gasteiger partial charge in [0.05, 0.1) is 20.3 Å². The fraction of sp³-hybridized carbons (Fsp3) is 0.294. The molecule has 2 aromatic rings. The number of nitrogens with zero attached hydrogens (tertiary/aromatic N) is 2.